The number of halogens is 3. The fraction of sp³-hybridized carbons (Fsp3) is 0.857. The predicted octanol–water partition coefficient (Wildman–Crippen LogP) is 0.443. The number of hydrogen-bond donors (Lipinski definition) is 3. The van der Waals surface area contributed by atoms with Gasteiger partial charge in [-0.15, -0.1) is 0 Å². The Balaban J connectivity index is 3.57. The monoisotopic (exact) mass is 213 g/mol. The third-order valence-electron chi connectivity index (χ3n) is 1.46. The summed E-state index contributed by atoms with van der Waals surface area (Å²) in [7, 11) is 0. The zero-order chi connectivity index (χ0) is 11.2. The van der Waals surface area contributed by atoms with Crippen molar-refractivity contribution in [2.45, 2.75) is 13.1 Å². The van der Waals surface area contributed by atoms with Crippen molar-refractivity contribution < 1.29 is 18.0 Å². The van der Waals surface area contributed by atoms with E-state index in [0.717, 1.165) is 0 Å². The highest BCUT2D eigenvalue weighted by Crippen LogP contribution is 2.11. The summed E-state index contributed by atoms with van der Waals surface area (Å²) in [6, 6.07) is -0.831. The number of alkyl halides is 3. The maximum atomic E-state index is 11.6. The Morgan fingerprint density at radius 1 is 1.43 bits per heavy atom. The summed E-state index contributed by atoms with van der Waals surface area (Å²) in [6.07, 6.45) is -4.38. The first-order valence-corrected chi connectivity index (χ1v) is 4.13. The molecular formula is C7H14F3N3O. The SMILES string of the molecule is CC(CN)CNC(=O)NCC(F)(F)F. The Hall–Kier alpha value is -0.980. The quantitative estimate of drug-likeness (QED) is 0.634. The van der Waals surface area contributed by atoms with Gasteiger partial charge in [0.2, 0.25) is 0 Å². The molecule has 0 fully saturated rings. The maximum absolute atomic E-state index is 11.6. The third-order valence-corrected chi connectivity index (χ3v) is 1.46. The van der Waals surface area contributed by atoms with Gasteiger partial charge in [-0.3, -0.25) is 0 Å². The van der Waals surface area contributed by atoms with E-state index >= 15 is 0 Å². The molecule has 1 atom stereocenters. The molecule has 0 bridgehead atoms. The van der Waals surface area contributed by atoms with Crippen LogP contribution in [0.2, 0.25) is 0 Å². The topological polar surface area (TPSA) is 67.1 Å². The lowest BCUT2D eigenvalue weighted by molar-refractivity contribution is -0.122. The summed E-state index contributed by atoms with van der Waals surface area (Å²) in [4.78, 5) is 10.7. The molecule has 0 saturated carbocycles. The molecule has 0 aliphatic rings. The minimum atomic E-state index is -4.38. The van der Waals surface area contributed by atoms with Crippen LogP contribution in [0.25, 0.3) is 0 Å². The third kappa shape index (κ3) is 7.66. The van der Waals surface area contributed by atoms with Crippen molar-refractivity contribution in [2.75, 3.05) is 19.6 Å². The Labute approximate surface area is 80.0 Å². The van der Waals surface area contributed by atoms with Gasteiger partial charge in [0.05, 0.1) is 0 Å². The molecule has 4 nitrogen and oxygen atoms in total. The molecule has 0 rings (SSSR count). The van der Waals surface area contributed by atoms with Crippen LogP contribution < -0.4 is 16.4 Å². The normalized spacial score (nSPS) is 13.5. The van der Waals surface area contributed by atoms with Crippen LogP contribution in [-0.4, -0.2) is 31.8 Å². The van der Waals surface area contributed by atoms with Gasteiger partial charge in [0.25, 0.3) is 0 Å². The zero-order valence-electron chi connectivity index (χ0n) is 7.82. The van der Waals surface area contributed by atoms with Crippen LogP contribution in [0.5, 0.6) is 0 Å². The van der Waals surface area contributed by atoms with E-state index in [4.69, 9.17) is 5.73 Å². The number of amides is 2. The van der Waals surface area contributed by atoms with E-state index in [1.165, 1.54) is 0 Å². The summed E-state index contributed by atoms with van der Waals surface area (Å²) in [5.41, 5.74) is 5.25. The first-order chi connectivity index (χ1) is 6.35. The van der Waals surface area contributed by atoms with Crippen LogP contribution in [0.1, 0.15) is 6.92 Å². The summed E-state index contributed by atoms with van der Waals surface area (Å²) >= 11 is 0. The molecule has 7 heteroatoms. The number of hydrogen-bond acceptors (Lipinski definition) is 2. The zero-order valence-corrected chi connectivity index (χ0v) is 7.82. The number of carbonyl (C=O) groups excluding carboxylic acids is 1. The smallest absolute Gasteiger partial charge is 0.338 e. The molecule has 0 aromatic heterocycles. The predicted molar refractivity (Wildman–Crippen MR) is 45.7 cm³/mol. The van der Waals surface area contributed by atoms with E-state index in [1.807, 2.05) is 0 Å². The highest BCUT2D eigenvalue weighted by molar-refractivity contribution is 5.73. The molecule has 0 aromatic rings. The summed E-state index contributed by atoms with van der Waals surface area (Å²) in [5.74, 6) is 0.0478. The second-order valence-corrected chi connectivity index (χ2v) is 3.02. The summed E-state index contributed by atoms with van der Waals surface area (Å²) in [6.45, 7) is 1.10. The van der Waals surface area contributed by atoms with Gasteiger partial charge < -0.3 is 16.4 Å². The minimum Gasteiger partial charge on any atom is -0.338 e. The molecule has 4 N–H and O–H groups in total. The van der Waals surface area contributed by atoms with Crippen LogP contribution in [0, 0.1) is 5.92 Å². The largest absolute Gasteiger partial charge is 0.405 e. The van der Waals surface area contributed by atoms with Gasteiger partial charge in [0, 0.05) is 6.54 Å². The van der Waals surface area contributed by atoms with Crippen LogP contribution in [0.3, 0.4) is 0 Å². The van der Waals surface area contributed by atoms with Crippen LogP contribution in [-0.2, 0) is 0 Å². The fourth-order valence-corrected chi connectivity index (χ4v) is 0.593. The highest BCUT2D eigenvalue weighted by atomic mass is 19.4. The Bertz CT molecular complexity index is 184. The van der Waals surface area contributed by atoms with Gasteiger partial charge >= 0.3 is 12.2 Å². The second-order valence-electron chi connectivity index (χ2n) is 3.02. The van der Waals surface area contributed by atoms with Crippen molar-refractivity contribution >= 4 is 6.03 Å². The molecule has 84 valence electrons. The molecular weight excluding hydrogens is 199 g/mol. The lowest BCUT2D eigenvalue weighted by Crippen LogP contribution is -2.42. The molecule has 0 aliphatic heterocycles. The van der Waals surface area contributed by atoms with E-state index in [9.17, 15) is 18.0 Å². The van der Waals surface area contributed by atoms with Crippen molar-refractivity contribution in [1.82, 2.24) is 10.6 Å². The van der Waals surface area contributed by atoms with Crippen molar-refractivity contribution in [2.24, 2.45) is 11.7 Å². The average molecular weight is 213 g/mol. The first-order valence-electron chi connectivity index (χ1n) is 4.13. The van der Waals surface area contributed by atoms with E-state index in [-0.39, 0.29) is 12.5 Å². The van der Waals surface area contributed by atoms with E-state index in [2.05, 4.69) is 5.32 Å². The molecule has 0 saturated heterocycles. The lowest BCUT2D eigenvalue weighted by atomic mass is 10.2. The standard InChI is InChI=1S/C7H14F3N3O/c1-5(2-11)3-12-6(14)13-4-7(8,9)10/h5H,2-4,11H2,1H3,(H2,12,13,14). The van der Waals surface area contributed by atoms with Gasteiger partial charge in [0.1, 0.15) is 6.54 Å². The Morgan fingerprint density at radius 3 is 2.43 bits per heavy atom. The van der Waals surface area contributed by atoms with Crippen molar-refractivity contribution in [3.8, 4) is 0 Å². The lowest BCUT2D eigenvalue weighted by Gasteiger charge is -2.12. The second kappa shape index (κ2) is 5.69. The van der Waals surface area contributed by atoms with E-state index in [0.29, 0.717) is 6.54 Å². The highest BCUT2D eigenvalue weighted by Gasteiger charge is 2.27. The Morgan fingerprint density at radius 2 is 2.00 bits per heavy atom. The average Bonchev–Trinajstić information content (AvgIpc) is 2.09. The minimum absolute atomic E-state index is 0.0478. The first kappa shape index (κ1) is 13.0. The van der Waals surface area contributed by atoms with E-state index < -0.39 is 18.8 Å². The molecule has 14 heavy (non-hydrogen) atoms. The van der Waals surface area contributed by atoms with Crippen molar-refractivity contribution in [1.29, 1.82) is 0 Å². The van der Waals surface area contributed by atoms with Crippen molar-refractivity contribution in [3.63, 3.8) is 0 Å². The fourth-order valence-electron chi connectivity index (χ4n) is 0.593. The molecule has 1 unspecified atom stereocenters. The molecule has 0 heterocycles. The van der Waals surface area contributed by atoms with Crippen LogP contribution in [0.4, 0.5) is 18.0 Å². The number of carbonyl (C=O) groups is 1. The van der Waals surface area contributed by atoms with Crippen LogP contribution in [0.15, 0.2) is 0 Å². The number of nitrogens with one attached hydrogen (secondary N) is 2. The molecule has 0 spiro atoms. The summed E-state index contributed by atoms with van der Waals surface area (Å²) in [5, 5.41) is 3.96. The van der Waals surface area contributed by atoms with Gasteiger partial charge in [-0.1, -0.05) is 6.92 Å². The molecule has 0 aromatic carbocycles. The van der Waals surface area contributed by atoms with Gasteiger partial charge in [0.15, 0.2) is 0 Å². The molecule has 0 radical (unpaired) electrons. The van der Waals surface area contributed by atoms with Gasteiger partial charge in [-0.25, -0.2) is 4.79 Å². The number of nitrogens with two attached hydrogens (primary N) is 1. The number of rotatable bonds is 4. The number of urea groups is 1. The van der Waals surface area contributed by atoms with Crippen molar-refractivity contribution in [3.05, 3.63) is 0 Å². The van der Waals surface area contributed by atoms with Gasteiger partial charge in [-0.2, -0.15) is 13.2 Å². The Kier molecular flexibility index (Phi) is 5.29. The summed E-state index contributed by atoms with van der Waals surface area (Å²) < 4.78 is 34.9. The maximum Gasteiger partial charge on any atom is 0.405 e. The van der Waals surface area contributed by atoms with Crippen LogP contribution >= 0.6 is 0 Å². The van der Waals surface area contributed by atoms with E-state index in [1.54, 1.807) is 12.2 Å². The molecule has 2 amide bonds. The van der Waals surface area contributed by atoms with Gasteiger partial charge in [-0.05, 0) is 12.5 Å². The molecule has 0 aliphatic carbocycles.